The fourth-order valence-electron chi connectivity index (χ4n) is 2.35. The minimum atomic E-state index is -1.93. The molecule has 6 nitrogen and oxygen atoms in total. The Kier molecular flexibility index (Phi) is 5.65. The molecule has 2 aromatic carbocycles. The van der Waals surface area contributed by atoms with Crippen molar-refractivity contribution in [2.24, 2.45) is 4.40 Å². The maximum atomic E-state index is 13.9. The summed E-state index contributed by atoms with van der Waals surface area (Å²) in [4.78, 5) is 12.6. The second-order valence-corrected chi connectivity index (χ2v) is 7.22. The smallest absolute Gasteiger partial charge is 0.276 e. The first-order valence-corrected chi connectivity index (χ1v) is 9.17. The van der Waals surface area contributed by atoms with Crippen LogP contribution >= 0.6 is 11.6 Å². The molecule has 1 unspecified atom stereocenters. The van der Waals surface area contributed by atoms with Gasteiger partial charge in [-0.05, 0) is 34.7 Å². The monoisotopic (exact) mass is 420 g/mol. The molecular formula is C18H11ClF2N4O2S. The Hall–Kier alpha value is -2.93. The summed E-state index contributed by atoms with van der Waals surface area (Å²) < 4.78 is 44.5. The third-order valence-electron chi connectivity index (χ3n) is 3.82. The summed E-state index contributed by atoms with van der Waals surface area (Å²) in [5.74, 6) is -2.03. The van der Waals surface area contributed by atoms with Crippen molar-refractivity contribution in [1.29, 1.82) is 5.26 Å². The van der Waals surface area contributed by atoms with E-state index in [1.165, 1.54) is 37.4 Å². The number of hydrogen-bond donors (Lipinski definition) is 1. The van der Waals surface area contributed by atoms with E-state index in [0.717, 1.165) is 16.4 Å². The minimum absolute atomic E-state index is 0.00597. The largest absolute Gasteiger partial charge is 0.566 e. The Morgan fingerprint density at radius 3 is 2.68 bits per heavy atom. The summed E-state index contributed by atoms with van der Waals surface area (Å²) in [5.41, 5.74) is 0.460. The molecule has 1 amide bonds. The molecule has 2 aromatic rings. The molecule has 28 heavy (non-hydrogen) atoms. The highest BCUT2D eigenvalue weighted by Crippen LogP contribution is 2.24. The fourth-order valence-corrected chi connectivity index (χ4v) is 3.29. The van der Waals surface area contributed by atoms with Crippen LogP contribution in [0.15, 0.2) is 52.6 Å². The first kappa shape index (κ1) is 19.8. The summed E-state index contributed by atoms with van der Waals surface area (Å²) in [6, 6.07) is 9.14. The SMILES string of the molecule is CN1C(C(=O)Nc2ccc(F)c(Cl)c2)=CC(c2ccc(C#N)c(F)c2)=N[S+]1[O-]. The first-order chi connectivity index (χ1) is 13.3. The van der Waals surface area contributed by atoms with Crippen LogP contribution in [0.2, 0.25) is 5.02 Å². The molecule has 1 aliphatic heterocycles. The van der Waals surface area contributed by atoms with Gasteiger partial charge in [-0.1, -0.05) is 17.7 Å². The van der Waals surface area contributed by atoms with Crippen LogP contribution in [0.25, 0.3) is 0 Å². The molecule has 0 saturated carbocycles. The number of nitrogens with one attached hydrogen (secondary N) is 1. The van der Waals surface area contributed by atoms with Crippen LogP contribution in [0.3, 0.4) is 0 Å². The van der Waals surface area contributed by atoms with Crippen molar-refractivity contribution in [2.45, 2.75) is 0 Å². The summed E-state index contributed by atoms with van der Waals surface area (Å²) in [6.45, 7) is 0. The van der Waals surface area contributed by atoms with E-state index in [9.17, 15) is 18.1 Å². The lowest BCUT2D eigenvalue weighted by atomic mass is 10.1. The van der Waals surface area contributed by atoms with Gasteiger partial charge >= 0.3 is 0 Å². The van der Waals surface area contributed by atoms with Crippen LogP contribution < -0.4 is 5.32 Å². The lowest BCUT2D eigenvalue weighted by molar-refractivity contribution is -0.113. The molecular weight excluding hydrogens is 410 g/mol. The van der Waals surface area contributed by atoms with Gasteiger partial charge in [-0.25, -0.2) is 8.78 Å². The van der Waals surface area contributed by atoms with E-state index in [4.69, 9.17) is 16.9 Å². The number of benzene rings is 2. The van der Waals surface area contributed by atoms with Crippen LogP contribution in [-0.2, 0) is 16.3 Å². The second kappa shape index (κ2) is 7.98. The summed E-state index contributed by atoms with van der Waals surface area (Å²) >= 11 is 3.77. The van der Waals surface area contributed by atoms with Gasteiger partial charge in [0.1, 0.15) is 23.4 Å². The highest BCUT2D eigenvalue weighted by atomic mass is 35.5. The van der Waals surface area contributed by atoms with Crippen molar-refractivity contribution < 1.29 is 18.1 Å². The third-order valence-corrected chi connectivity index (χ3v) is 5.13. The highest BCUT2D eigenvalue weighted by molar-refractivity contribution is 7.88. The normalized spacial score (nSPS) is 16.1. The molecule has 0 aliphatic carbocycles. The zero-order valence-electron chi connectivity index (χ0n) is 14.2. The fraction of sp³-hybridized carbons (Fsp3) is 0.0556. The highest BCUT2D eigenvalue weighted by Gasteiger charge is 2.30. The number of anilines is 1. The van der Waals surface area contributed by atoms with E-state index in [2.05, 4.69) is 9.71 Å². The summed E-state index contributed by atoms with van der Waals surface area (Å²) in [5, 5.41) is 11.2. The molecule has 0 fully saturated rings. The van der Waals surface area contributed by atoms with Crippen LogP contribution in [0.5, 0.6) is 0 Å². The summed E-state index contributed by atoms with van der Waals surface area (Å²) in [7, 11) is 1.40. The van der Waals surface area contributed by atoms with Gasteiger partial charge < -0.3 is 9.87 Å². The number of rotatable bonds is 3. The zero-order chi connectivity index (χ0) is 20.4. The Balaban J connectivity index is 1.91. The zero-order valence-corrected chi connectivity index (χ0v) is 15.8. The molecule has 1 aliphatic rings. The number of hydrogen-bond acceptors (Lipinski definition) is 5. The van der Waals surface area contributed by atoms with Crippen molar-refractivity contribution in [3.05, 3.63) is 76.0 Å². The van der Waals surface area contributed by atoms with Crippen LogP contribution in [-0.4, -0.2) is 27.5 Å². The van der Waals surface area contributed by atoms with Gasteiger partial charge in [0, 0.05) is 17.3 Å². The molecule has 0 radical (unpaired) electrons. The van der Waals surface area contributed by atoms with Crippen molar-refractivity contribution in [2.75, 3.05) is 12.4 Å². The molecule has 0 spiro atoms. The number of amides is 1. The maximum Gasteiger partial charge on any atom is 0.276 e. The number of allylic oxidation sites excluding steroid dienone is 1. The Bertz CT molecular complexity index is 1070. The Morgan fingerprint density at radius 1 is 1.29 bits per heavy atom. The van der Waals surface area contributed by atoms with E-state index >= 15 is 0 Å². The molecule has 1 N–H and O–H groups in total. The Morgan fingerprint density at radius 2 is 2.04 bits per heavy atom. The molecule has 142 valence electrons. The van der Waals surface area contributed by atoms with E-state index in [-0.39, 0.29) is 33.2 Å². The predicted octanol–water partition coefficient (Wildman–Crippen LogP) is 3.33. The van der Waals surface area contributed by atoms with Gasteiger partial charge in [0.25, 0.3) is 5.91 Å². The molecule has 1 heterocycles. The number of halogens is 3. The van der Waals surface area contributed by atoms with Crippen molar-refractivity contribution >= 4 is 40.5 Å². The van der Waals surface area contributed by atoms with E-state index in [1.54, 1.807) is 6.07 Å². The predicted molar refractivity (Wildman–Crippen MR) is 102 cm³/mol. The van der Waals surface area contributed by atoms with Gasteiger partial charge in [-0.2, -0.15) is 9.57 Å². The maximum absolute atomic E-state index is 13.9. The first-order valence-electron chi connectivity index (χ1n) is 7.72. The standard InChI is InChI=1S/C18H11ClF2N4O2S/c1-25-17(18(26)23-12-4-5-14(20)13(19)7-12)8-16(24-28(25)27)10-2-3-11(9-22)15(21)6-10/h2-8H,1H3,(H,23,26). The van der Waals surface area contributed by atoms with Crippen LogP contribution in [0.4, 0.5) is 14.5 Å². The van der Waals surface area contributed by atoms with Crippen molar-refractivity contribution in [3.63, 3.8) is 0 Å². The molecule has 1 atom stereocenters. The quantitative estimate of drug-likeness (QED) is 0.771. The number of nitrogens with zero attached hydrogens (tertiary/aromatic N) is 3. The number of likely N-dealkylation sites (N-methyl/N-ethyl adjacent to an activating group) is 1. The molecule has 0 aromatic heterocycles. The minimum Gasteiger partial charge on any atom is -0.566 e. The second-order valence-electron chi connectivity index (χ2n) is 5.62. The van der Waals surface area contributed by atoms with E-state index in [1.807, 2.05) is 0 Å². The van der Waals surface area contributed by atoms with Crippen molar-refractivity contribution in [3.8, 4) is 6.07 Å². The van der Waals surface area contributed by atoms with E-state index in [0.29, 0.717) is 0 Å². The lowest BCUT2D eigenvalue weighted by Crippen LogP contribution is -2.35. The molecule has 3 rings (SSSR count). The van der Waals surface area contributed by atoms with Gasteiger partial charge in [0.2, 0.25) is 11.5 Å². The van der Waals surface area contributed by atoms with Gasteiger partial charge in [0.15, 0.2) is 5.70 Å². The molecule has 10 heteroatoms. The topological polar surface area (TPSA) is 91.6 Å². The van der Waals surface area contributed by atoms with Gasteiger partial charge in [-0.3, -0.25) is 4.79 Å². The van der Waals surface area contributed by atoms with Crippen molar-refractivity contribution in [1.82, 2.24) is 4.31 Å². The van der Waals surface area contributed by atoms with Gasteiger partial charge in [-0.15, -0.1) is 0 Å². The average Bonchev–Trinajstić information content (AvgIpc) is 2.66. The number of nitriles is 1. The van der Waals surface area contributed by atoms with Crippen LogP contribution in [0.1, 0.15) is 11.1 Å². The van der Waals surface area contributed by atoms with E-state index < -0.39 is 29.1 Å². The number of carbonyl (C=O) groups is 1. The van der Waals surface area contributed by atoms with Gasteiger partial charge in [0.05, 0.1) is 17.6 Å². The average molecular weight is 421 g/mol. The molecule has 0 bridgehead atoms. The summed E-state index contributed by atoms with van der Waals surface area (Å²) in [6.07, 6.45) is 1.34. The number of carbonyl (C=O) groups excluding carboxylic acids is 1. The molecule has 0 saturated heterocycles. The third kappa shape index (κ3) is 3.99. The van der Waals surface area contributed by atoms with Crippen LogP contribution in [0, 0.1) is 23.0 Å². The lowest BCUT2D eigenvalue weighted by Gasteiger charge is -2.23. The Labute approximate surface area is 167 Å².